The molecule has 0 amide bonds. The van der Waals surface area contributed by atoms with Crippen molar-refractivity contribution in [2.45, 2.75) is 32.8 Å². The first-order valence-electron chi connectivity index (χ1n) is 6.86. The van der Waals surface area contributed by atoms with E-state index in [1.807, 2.05) is 42.1 Å². The SMILES string of the molecule is CCc1cc(CC(C)C(O)c2ccccc2)n(C)n1. The Morgan fingerprint density at radius 2 is 1.95 bits per heavy atom. The Hall–Kier alpha value is -1.61. The summed E-state index contributed by atoms with van der Waals surface area (Å²) in [5.41, 5.74) is 3.27. The van der Waals surface area contributed by atoms with Crippen LogP contribution in [-0.2, 0) is 19.9 Å². The van der Waals surface area contributed by atoms with Gasteiger partial charge in [-0.05, 0) is 30.4 Å². The highest BCUT2D eigenvalue weighted by molar-refractivity contribution is 5.19. The Morgan fingerprint density at radius 1 is 1.26 bits per heavy atom. The van der Waals surface area contributed by atoms with Crippen LogP contribution in [0, 0.1) is 5.92 Å². The maximum atomic E-state index is 10.4. The van der Waals surface area contributed by atoms with E-state index in [0.29, 0.717) is 0 Å². The van der Waals surface area contributed by atoms with Gasteiger partial charge in [0.25, 0.3) is 0 Å². The number of hydrogen-bond acceptors (Lipinski definition) is 2. The van der Waals surface area contributed by atoms with Gasteiger partial charge in [-0.15, -0.1) is 0 Å². The lowest BCUT2D eigenvalue weighted by Crippen LogP contribution is -2.13. The molecule has 19 heavy (non-hydrogen) atoms. The number of aromatic nitrogens is 2. The van der Waals surface area contributed by atoms with Crippen LogP contribution in [0.5, 0.6) is 0 Å². The number of hydrogen-bond donors (Lipinski definition) is 1. The maximum absolute atomic E-state index is 10.4. The van der Waals surface area contributed by atoms with Crippen LogP contribution in [0.1, 0.15) is 36.9 Å². The van der Waals surface area contributed by atoms with Gasteiger partial charge in [0.1, 0.15) is 0 Å². The zero-order valence-electron chi connectivity index (χ0n) is 11.9. The summed E-state index contributed by atoms with van der Waals surface area (Å²) in [6.45, 7) is 4.19. The van der Waals surface area contributed by atoms with E-state index in [9.17, 15) is 5.11 Å². The van der Waals surface area contributed by atoms with Crippen LogP contribution in [-0.4, -0.2) is 14.9 Å². The van der Waals surface area contributed by atoms with Crippen LogP contribution in [0.15, 0.2) is 36.4 Å². The van der Waals surface area contributed by atoms with Gasteiger partial charge in [-0.25, -0.2) is 0 Å². The summed E-state index contributed by atoms with van der Waals surface area (Å²) in [7, 11) is 1.97. The minimum absolute atomic E-state index is 0.169. The Labute approximate surface area is 114 Å². The van der Waals surface area contributed by atoms with Crippen LogP contribution in [0.25, 0.3) is 0 Å². The van der Waals surface area contributed by atoms with Gasteiger partial charge in [-0.1, -0.05) is 44.2 Å². The van der Waals surface area contributed by atoms with Crippen LogP contribution < -0.4 is 0 Å². The molecule has 102 valence electrons. The molecule has 0 saturated carbocycles. The van der Waals surface area contributed by atoms with Crippen molar-refractivity contribution in [3.8, 4) is 0 Å². The van der Waals surface area contributed by atoms with Crippen molar-refractivity contribution in [3.05, 3.63) is 53.3 Å². The lowest BCUT2D eigenvalue weighted by atomic mass is 9.93. The van der Waals surface area contributed by atoms with E-state index in [1.54, 1.807) is 0 Å². The van der Waals surface area contributed by atoms with Crippen molar-refractivity contribution in [1.82, 2.24) is 9.78 Å². The second-order valence-corrected chi connectivity index (χ2v) is 5.14. The third-order valence-electron chi connectivity index (χ3n) is 3.60. The number of aliphatic hydroxyl groups excluding tert-OH is 1. The maximum Gasteiger partial charge on any atom is 0.0819 e. The highest BCUT2D eigenvalue weighted by atomic mass is 16.3. The van der Waals surface area contributed by atoms with Gasteiger partial charge in [0.2, 0.25) is 0 Å². The summed E-state index contributed by atoms with van der Waals surface area (Å²) in [6, 6.07) is 12.0. The fourth-order valence-corrected chi connectivity index (χ4v) is 2.36. The Bertz CT molecular complexity index is 519. The molecule has 2 rings (SSSR count). The quantitative estimate of drug-likeness (QED) is 0.895. The van der Waals surface area contributed by atoms with Crippen LogP contribution in [0.4, 0.5) is 0 Å². The predicted molar refractivity (Wildman–Crippen MR) is 76.9 cm³/mol. The first kappa shape index (κ1) is 13.8. The average Bonchev–Trinajstić information content (AvgIpc) is 2.79. The van der Waals surface area contributed by atoms with Crippen molar-refractivity contribution >= 4 is 0 Å². The van der Waals surface area contributed by atoms with Gasteiger partial charge in [0, 0.05) is 12.7 Å². The van der Waals surface area contributed by atoms with Crippen molar-refractivity contribution in [3.63, 3.8) is 0 Å². The minimum Gasteiger partial charge on any atom is -0.388 e. The third kappa shape index (κ3) is 3.24. The molecule has 2 unspecified atom stereocenters. The van der Waals surface area contributed by atoms with Gasteiger partial charge >= 0.3 is 0 Å². The van der Waals surface area contributed by atoms with E-state index in [2.05, 4.69) is 25.0 Å². The molecule has 0 aliphatic heterocycles. The predicted octanol–water partition coefficient (Wildman–Crippen LogP) is 2.89. The lowest BCUT2D eigenvalue weighted by Gasteiger charge is -2.19. The van der Waals surface area contributed by atoms with E-state index in [1.165, 1.54) is 5.69 Å². The number of nitrogens with zero attached hydrogens (tertiary/aromatic N) is 2. The third-order valence-corrected chi connectivity index (χ3v) is 3.60. The number of benzene rings is 1. The Kier molecular flexibility index (Phi) is 4.38. The van der Waals surface area contributed by atoms with E-state index in [-0.39, 0.29) is 5.92 Å². The zero-order chi connectivity index (χ0) is 13.8. The molecular weight excluding hydrogens is 236 g/mol. The first-order chi connectivity index (χ1) is 9.11. The van der Waals surface area contributed by atoms with Gasteiger partial charge in [0.15, 0.2) is 0 Å². The number of rotatable bonds is 5. The summed E-state index contributed by atoms with van der Waals surface area (Å²) in [5.74, 6) is 0.169. The molecule has 2 atom stereocenters. The number of aliphatic hydroxyl groups is 1. The van der Waals surface area contributed by atoms with Crippen LogP contribution >= 0.6 is 0 Å². The highest BCUT2D eigenvalue weighted by Crippen LogP contribution is 2.24. The van der Waals surface area contributed by atoms with Crippen LogP contribution in [0.3, 0.4) is 0 Å². The smallest absolute Gasteiger partial charge is 0.0819 e. The van der Waals surface area contributed by atoms with E-state index < -0.39 is 6.10 Å². The molecule has 0 fully saturated rings. The molecule has 1 aromatic carbocycles. The van der Waals surface area contributed by atoms with Gasteiger partial charge in [-0.3, -0.25) is 4.68 Å². The summed E-state index contributed by atoms with van der Waals surface area (Å²) >= 11 is 0. The summed E-state index contributed by atoms with van der Waals surface area (Å²) in [5, 5.41) is 14.8. The molecule has 3 heteroatoms. The minimum atomic E-state index is -0.429. The summed E-state index contributed by atoms with van der Waals surface area (Å²) in [6.07, 6.45) is 1.35. The fourth-order valence-electron chi connectivity index (χ4n) is 2.36. The topological polar surface area (TPSA) is 38.0 Å². The normalized spacial score (nSPS) is 14.3. The molecule has 0 saturated heterocycles. The van der Waals surface area contributed by atoms with Crippen molar-refractivity contribution < 1.29 is 5.11 Å². The van der Waals surface area contributed by atoms with Gasteiger partial charge in [-0.2, -0.15) is 5.10 Å². The second kappa shape index (κ2) is 6.02. The molecule has 1 heterocycles. The molecule has 0 aliphatic rings. The van der Waals surface area contributed by atoms with Crippen molar-refractivity contribution in [2.24, 2.45) is 13.0 Å². The molecular formula is C16H22N2O. The molecule has 0 aliphatic carbocycles. The van der Waals surface area contributed by atoms with E-state index in [4.69, 9.17) is 0 Å². The Morgan fingerprint density at radius 3 is 2.53 bits per heavy atom. The molecule has 0 radical (unpaired) electrons. The highest BCUT2D eigenvalue weighted by Gasteiger charge is 2.18. The van der Waals surface area contributed by atoms with Gasteiger partial charge in [0.05, 0.1) is 11.8 Å². The molecule has 3 nitrogen and oxygen atoms in total. The first-order valence-corrected chi connectivity index (χ1v) is 6.86. The molecule has 2 aromatic rings. The molecule has 1 N–H and O–H groups in total. The van der Waals surface area contributed by atoms with Gasteiger partial charge < -0.3 is 5.11 Å². The van der Waals surface area contributed by atoms with E-state index in [0.717, 1.165) is 24.1 Å². The summed E-state index contributed by atoms with van der Waals surface area (Å²) in [4.78, 5) is 0. The molecule has 1 aromatic heterocycles. The number of aryl methyl sites for hydroxylation is 2. The average molecular weight is 258 g/mol. The largest absolute Gasteiger partial charge is 0.388 e. The zero-order valence-corrected chi connectivity index (χ0v) is 11.9. The van der Waals surface area contributed by atoms with Crippen LogP contribution in [0.2, 0.25) is 0 Å². The fraction of sp³-hybridized carbons (Fsp3) is 0.438. The molecule has 0 spiro atoms. The molecule has 0 bridgehead atoms. The monoisotopic (exact) mass is 258 g/mol. The summed E-state index contributed by atoms with van der Waals surface area (Å²) < 4.78 is 1.92. The lowest BCUT2D eigenvalue weighted by molar-refractivity contribution is 0.116. The standard InChI is InChI=1S/C16H22N2O/c1-4-14-11-15(18(3)17-14)10-12(2)16(19)13-8-6-5-7-9-13/h5-9,11-12,16,19H,4,10H2,1-3H3. The van der Waals surface area contributed by atoms with Crippen molar-refractivity contribution in [2.75, 3.05) is 0 Å². The van der Waals surface area contributed by atoms with Crippen molar-refractivity contribution in [1.29, 1.82) is 0 Å². The second-order valence-electron chi connectivity index (χ2n) is 5.14. The Balaban J connectivity index is 2.08. The van der Waals surface area contributed by atoms with E-state index >= 15 is 0 Å².